The molecule has 1 aliphatic carbocycles. The van der Waals surface area contributed by atoms with Crippen molar-refractivity contribution in [2.45, 2.75) is 90.1 Å². The Morgan fingerprint density at radius 3 is 2.64 bits per heavy atom. The van der Waals surface area contributed by atoms with Crippen LogP contribution in [0.2, 0.25) is 0 Å². The van der Waals surface area contributed by atoms with Crippen molar-refractivity contribution >= 4 is 16.7 Å². The third-order valence-electron chi connectivity index (χ3n) is 8.89. The number of aromatic nitrogens is 5. The first-order valence-electron chi connectivity index (χ1n) is 13.6. The van der Waals surface area contributed by atoms with Crippen LogP contribution in [0.5, 0.6) is 0 Å². The highest BCUT2D eigenvalue weighted by Crippen LogP contribution is 2.40. The summed E-state index contributed by atoms with van der Waals surface area (Å²) in [7, 11) is 0. The van der Waals surface area contributed by atoms with Crippen LogP contribution < -0.4 is 0 Å². The van der Waals surface area contributed by atoms with Crippen LogP contribution in [0.1, 0.15) is 86.6 Å². The highest BCUT2D eigenvalue weighted by molar-refractivity contribution is 5.89. The summed E-state index contributed by atoms with van der Waals surface area (Å²) in [5, 5.41) is 14.2. The molecule has 0 radical (unpaired) electrons. The lowest BCUT2D eigenvalue weighted by molar-refractivity contribution is 0.0942. The highest BCUT2D eigenvalue weighted by Gasteiger charge is 2.33. The molecule has 0 bridgehead atoms. The van der Waals surface area contributed by atoms with Gasteiger partial charge in [0.2, 0.25) is 0 Å². The van der Waals surface area contributed by atoms with E-state index in [2.05, 4.69) is 66.0 Å². The molecule has 6 rings (SSSR count). The summed E-state index contributed by atoms with van der Waals surface area (Å²) in [4.78, 5) is 16.0. The van der Waals surface area contributed by atoms with Crippen molar-refractivity contribution in [3.8, 4) is 11.3 Å². The van der Waals surface area contributed by atoms with Gasteiger partial charge in [-0.25, -0.2) is 9.50 Å². The van der Waals surface area contributed by atoms with E-state index in [4.69, 9.17) is 4.98 Å². The Labute approximate surface area is 213 Å². The van der Waals surface area contributed by atoms with E-state index >= 15 is 0 Å². The fourth-order valence-electron chi connectivity index (χ4n) is 6.79. The summed E-state index contributed by atoms with van der Waals surface area (Å²) >= 11 is 0. The first kappa shape index (κ1) is 23.6. The van der Waals surface area contributed by atoms with Crippen LogP contribution in [0.15, 0.2) is 24.7 Å². The SMILES string of the molecule is Cc1c(-c2[nH]c3ccc(C4CCC(N5CCC[C@@H]5CO)CC4)nc3c2C(C)C)cn2ncnc2c1C. The fraction of sp³-hybridized carbons (Fsp3) is 0.552. The number of aromatic amines is 1. The molecule has 0 amide bonds. The van der Waals surface area contributed by atoms with Crippen LogP contribution in [0.3, 0.4) is 0 Å². The molecule has 2 fully saturated rings. The summed E-state index contributed by atoms with van der Waals surface area (Å²) in [6, 6.07) is 5.46. The lowest BCUT2D eigenvalue weighted by atomic mass is 9.83. The third-order valence-corrected chi connectivity index (χ3v) is 8.89. The Morgan fingerprint density at radius 2 is 1.89 bits per heavy atom. The maximum Gasteiger partial charge on any atom is 0.158 e. The largest absolute Gasteiger partial charge is 0.395 e. The number of pyridine rings is 2. The number of rotatable bonds is 5. The van der Waals surface area contributed by atoms with Crippen molar-refractivity contribution < 1.29 is 5.11 Å². The number of nitrogens with one attached hydrogen (secondary N) is 1. The number of nitrogens with zero attached hydrogens (tertiary/aromatic N) is 5. The smallest absolute Gasteiger partial charge is 0.158 e. The standard InChI is InChI=1S/C29H38N6O/c1-17(2)26-27(23-14-35-29(30-16-31-35)19(4)18(23)3)33-25-12-11-24(32-28(25)26)20-7-9-21(10-8-20)34-13-5-6-22(34)15-36/h11-12,14,16-17,20-22,33,36H,5-10,13,15H2,1-4H3/t20?,21?,22-/m1/s1. The van der Waals surface area contributed by atoms with Gasteiger partial charge in [0.1, 0.15) is 6.33 Å². The normalized spacial score (nSPS) is 23.4. The van der Waals surface area contributed by atoms with E-state index in [9.17, 15) is 5.11 Å². The Morgan fingerprint density at radius 1 is 1.08 bits per heavy atom. The maximum absolute atomic E-state index is 9.76. The van der Waals surface area contributed by atoms with Gasteiger partial charge in [0, 0.05) is 41.0 Å². The molecule has 4 aromatic rings. The second kappa shape index (κ2) is 9.27. The zero-order valence-corrected chi connectivity index (χ0v) is 22.0. The lowest BCUT2D eigenvalue weighted by Gasteiger charge is -2.37. The summed E-state index contributed by atoms with van der Waals surface area (Å²) in [5.74, 6) is 0.846. The van der Waals surface area contributed by atoms with Gasteiger partial charge in [-0.05, 0) is 88.1 Å². The van der Waals surface area contributed by atoms with E-state index in [0.29, 0.717) is 30.5 Å². The molecule has 0 aromatic carbocycles. The quantitative estimate of drug-likeness (QED) is 0.389. The molecular weight excluding hydrogens is 448 g/mol. The number of hydrogen-bond acceptors (Lipinski definition) is 5. The van der Waals surface area contributed by atoms with E-state index in [1.807, 2.05) is 4.52 Å². The van der Waals surface area contributed by atoms with Gasteiger partial charge in [0.05, 0.1) is 23.3 Å². The van der Waals surface area contributed by atoms with E-state index in [0.717, 1.165) is 40.9 Å². The minimum atomic E-state index is 0.300. The summed E-state index contributed by atoms with van der Waals surface area (Å²) < 4.78 is 1.88. The van der Waals surface area contributed by atoms with Crippen LogP contribution in [0.4, 0.5) is 0 Å². The average Bonchev–Trinajstić information content (AvgIpc) is 3.63. The van der Waals surface area contributed by atoms with Gasteiger partial charge in [0.25, 0.3) is 0 Å². The number of hydrogen-bond donors (Lipinski definition) is 2. The Kier molecular flexibility index (Phi) is 6.08. The first-order chi connectivity index (χ1) is 17.5. The monoisotopic (exact) mass is 486 g/mol. The minimum absolute atomic E-state index is 0.300. The molecule has 1 saturated heterocycles. The van der Waals surface area contributed by atoms with Crippen LogP contribution in [-0.4, -0.2) is 59.8 Å². The van der Waals surface area contributed by atoms with Gasteiger partial charge in [0.15, 0.2) is 5.65 Å². The Bertz CT molecular complexity index is 1390. The molecule has 1 atom stereocenters. The van der Waals surface area contributed by atoms with Crippen molar-refractivity contribution in [1.29, 1.82) is 0 Å². The highest BCUT2D eigenvalue weighted by atomic mass is 16.3. The van der Waals surface area contributed by atoms with Crippen LogP contribution in [-0.2, 0) is 0 Å². The topological polar surface area (TPSA) is 82.3 Å². The molecule has 7 heteroatoms. The van der Waals surface area contributed by atoms with Crippen LogP contribution >= 0.6 is 0 Å². The number of likely N-dealkylation sites (tertiary alicyclic amines) is 1. The molecule has 5 heterocycles. The number of fused-ring (bicyclic) bond motifs is 2. The second-order valence-electron chi connectivity index (χ2n) is 11.2. The van der Waals surface area contributed by atoms with Crippen molar-refractivity contribution in [3.05, 3.63) is 47.0 Å². The van der Waals surface area contributed by atoms with Gasteiger partial charge >= 0.3 is 0 Å². The van der Waals surface area contributed by atoms with E-state index in [1.165, 1.54) is 54.5 Å². The van der Waals surface area contributed by atoms with Crippen molar-refractivity contribution in [1.82, 2.24) is 29.5 Å². The van der Waals surface area contributed by atoms with Gasteiger partial charge < -0.3 is 10.1 Å². The van der Waals surface area contributed by atoms with Crippen LogP contribution in [0, 0.1) is 13.8 Å². The maximum atomic E-state index is 9.76. The summed E-state index contributed by atoms with van der Waals surface area (Å²) in [6.45, 7) is 10.3. The molecule has 4 aromatic heterocycles. The van der Waals surface area contributed by atoms with Crippen molar-refractivity contribution in [3.63, 3.8) is 0 Å². The molecule has 1 aliphatic heterocycles. The molecule has 2 aliphatic rings. The summed E-state index contributed by atoms with van der Waals surface area (Å²) in [5.41, 5.74) is 10.3. The van der Waals surface area contributed by atoms with Gasteiger partial charge in [-0.3, -0.25) is 9.88 Å². The van der Waals surface area contributed by atoms with Crippen molar-refractivity contribution in [2.75, 3.05) is 13.2 Å². The number of aliphatic hydroxyl groups is 1. The number of aliphatic hydroxyl groups excluding tert-OH is 1. The zero-order valence-electron chi connectivity index (χ0n) is 22.0. The summed E-state index contributed by atoms with van der Waals surface area (Å²) in [6.07, 6.45) is 10.8. The Balaban J connectivity index is 1.33. The Hall–Kier alpha value is -2.77. The molecule has 190 valence electrons. The van der Waals surface area contributed by atoms with Gasteiger partial charge in [-0.15, -0.1) is 0 Å². The van der Waals surface area contributed by atoms with Crippen LogP contribution in [0.25, 0.3) is 27.9 Å². The second-order valence-corrected chi connectivity index (χ2v) is 11.2. The molecule has 1 saturated carbocycles. The van der Waals surface area contributed by atoms with E-state index in [1.54, 1.807) is 6.33 Å². The first-order valence-corrected chi connectivity index (χ1v) is 13.6. The molecule has 2 N–H and O–H groups in total. The fourth-order valence-corrected chi connectivity index (χ4v) is 6.79. The minimum Gasteiger partial charge on any atom is -0.395 e. The van der Waals surface area contributed by atoms with Gasteiger partial charge in [-0.1, -0.05) is 13.8 Å². The molecule has 0 unspecified atom stereocenters. The van der Waals surface area contributed by atoms with E-state index < -0.39 is 0 Å². The predicted octanol–water partition coefficient (Wildman–Crippen LogP) is 5.50. The molecule has 0 spiro atoms. The lowest BCUT2D eigenvalue weighted by Crippen LogP contribution is -2.42. The average molecular weight is 487 g/mol. The molecule has 7 nitrogen and oxygen atoms in total. The molecule has 36 heavy (non-hydrogen) atoms. The van der Waals surface area contributed by atoms with E-state index in [-0.39, 0.29) is 0 Å². The number of aryl methyl sites for hydroxylation is 1. The molecular formula is C29H38N6O. The number of H-pyrrole nitrogens is 1. The predicted molar refractivity (Wildman–Crippen MR) is 143 cm³/mol. The van der Waals surface area contributed by atoms with Crippen molar-refractivity contribution in [2.24, 2.45) is 0 Å². The zero-order chi connectivity index (χ0) is 25.0. The van der Waals surface area contributed by atoms with Gasteiger partial charge in [-0.2, -0.15) is 5.10 Å². The third kappa shape index (κ3) is 3.84.